The third-order valence-electron chi connectivity index (χ3n) is 15.6. The molecule has 2 saturated heterocycles. The van der Waals surface area contributed by atoms with Crippen LogP contribution < -0.4 is 0 Å². The molecule has 0 radical (unpaired) electrons. The van der Waals surface area contributed by atoms with Crippen LogP contribution >= 0.6 is 0 Å². The maximum absolute atomic E-state index is 13.9. The van der Waals surface area contributed by atoms with Gasteiger partial charge in [-0.05, 0) is 144 Å². The summed E-state index contributed by atoms with van der Waals surface area (Å²) in [6, 6.07) is -0.186. The van der Waals surface area contributed by atoms with Gasteiger partial charge in [-0.2, -0.15) is 0 Å². The molecule has 2 heterocycles. The van der Waals surface area contributed by atoms with Crippen molar-refractivity contribution in [1.82, 2.24) is 14.7 Å². The van der Waals surface area contributed by atoms with Gasteiger partial charge in [-0.15, -0.1) is 0 Å². The number of allylic oxidation sites excluding steroid dienone is 2. The van der Waals surface area contributed by atoms with E-state index >= 15 is 0 Å². The first-order valence-electron chi connectivity index (χ1n) is 19.5. The van der Waals surface area contributed by atoms with E-state index in [0.717, 1.165) is 75.4 Å². The van der Waals surface area contributed by atoms with E-state index in [1.54, 1.807) is 0 Å². The van der Waals surface area contributed by atoms with Crippen molar-refractivity contribution in [2.24, 2.45) is 46.3 Å². The Balaban J connectivity index is 0.979. The molecule has 0 unspecified atom stereocenters. The molecular formula is C40H63N3O4. The Morgan fingerprint density at radius 3 is 2.38 bits per heavy atom. The molecular weight excluding hydrogens is 586 g/mol. The maximum atomic E-state index is 13.9. The fraction of sp³-hybridized carbons (Fsp3) is 0.850. The van der Waals surface area contributed by atoms with Crippen molar-refractivity contribution in [2.45, 2.75) is 135 Å². The average molecular weight is 650 g/mol. The molecule has 4 saturated carbocycles. The van der Waals surface area contributed by atoms with E-state index in [2.05, 4.69) is 38.3 Å². The number of carbonyl (C=O) groups is 2. The number of rotatable bonds is 5. The average Bonchev–Trinajstić information content (AvgIpc) is 3.69. The highest BCUT2D eigenvalue weighted by atomic mass is 16.3. The number of nitrogens with zero attached hydrogens (tertiary/aromatic N) is 3. The molecule has 2 amide bonds. The first-order valence-corrected chi connectivity index (χ1v) is 19.5. The monoisotopic (exact) mass is 649 g/mol. The zero-order valence-corrected chi connectivity index (χ0v) is 29.8. The summed E-state index contributed by atoms with van der Waals surface area (Å²) >= 11 is 0. The van der Waals surface area contributed by atoms with Crippen molar-refractivity contribution in [1.29, 1.82) is 0 Å². The van der Waals surface area contributed by atoms with Crippen LogP contribution in [0.15, 0.2) is 23.8 Å². The predicted octanol–water partition coefficient (Wildman–Crippen LogP) is 5.80. The van der Waals surface area contributed by atoms with Crippen molar-refractivity contribution in [3.8, 4) is 0 Å². The summed E-state index contributed by atoms with van der Waals surface area (Å²) in [5.41, 5.74) is 2.59. The molecule has 2 aliphatic heterocycles. The van der Waals surface area contributed by atoms with E-state index in [0.29, 0.717) is 43.3 Å². The molecule has 7 rings (SSSR count). The lowest BCUT2D eigenvalue weighted by atomic mass is 9.44. The second-order valence-electron chi connectivity index (χ2n) is 17.8. The second kappa shape index (κ2) is 12.9. The molecule has 7 heteroatoms. The van der Waals surface area contributed by atoms with E-state index in [1.807, 2.05) is 16.7 Å². The number of piperazine rings is 1. The number of hydrogen-bond donors (Lipinski definition) is 2. The van der Waals surface area contributed by atoms with Gasteiger partial charge in [-0.1, -0.05) is 32.1 Å². The minimum atomic E-state index is -0.339. The minimum absolute atomic E-state index is 0.0700. The maximum Gasteiger partial charge on any atom is 0.250 e. The van der Waals surface area contributed by atoms with Crippen LogP contribution in [0.4, 0.5) is 0 Å². The molecule has 0 aromatic rings. The van der Waals surface area contributed by atoms with Crippen molar-refractivity contribution < 1.29 is 19.8 Å². The molecule has 262 valence electrons. The predicted molar refractivity (Wildman–Crippen MR) is 185 cm³/mol. The largest absolute Gasteiger partial charge is 0.393 e. The van der Waals surface area contributed by atoms with Gasteiger partial charge in [0.15, 0.2) is 0 Å². The lowest BCUT2D eigenvalue weighted by molar-refractivity contribution is -0.157. The van der Waals surface area contributed by atoms with Crippen molar-refractivity contribution in [3.63, 3.8) is 0 Å². The zero-order valence-electron chi connectivity index (χ0n) is 29.8. The topological polar surface area (TPSA) is 84.3 Å². The number of fused-ring (bicyclic) bond motifs is 5. The van der Waals surface area contributed by atoms with Gasteiger partial charge < -0.3 is 20.0 Å². The summed E-state index contributed by atoms with van der Waals surface area (Å²) in [4.78, 5) is 33.8. The summed E-state index contributed by atoms with van der Waals surface area (Å²) in [6.45, 7) is 16.9. The molecule has 7 nitrogen and oxygen atoms in total. The summed E-state index contributed by atoms with van der Waals surface area (Å²) in [5.74, 6) is 3.86. The van der Waals surface area contributed by atoms with E-state index in [-0.39, 0.29) is 46.9 Å². The van der Waals surface area contributed by atoms with Gasteiger partial charge in [-0.3, -0.25) is 14.5 Å². The Morgan fingerprint density at radius 1 is 0.957 bits per heavy atom. The number of hydrogen-bond acceptors (Lipinski definition) is 5. The van der Waals surface area contributed by atoms with Gasteiger partial charge in [0.1, 0.15) is 6.04 Å². The molecule has 5 aliphatic carbocycles. The Kier molecular flexibility index (Phi) is 9.26. The lowest BCUT2D eigenvalue weighted by Gasteiger charge is -2.63. The number of carbonyl (C=O) groups excluding carboxylic acids is 2. The van der Waals surface area contributed by atoms with Crippen LogP contribution in [0.2, 0.25) is 0 Å². The quantitative estimate of drug-likeness (QED) is 0.368. The summed E-state index contributed by atoms with van der Waals surface area (Å²) < 4.78 is 0. The van der Waals surface area contributed by atoms with Crippen molar-refractivity contribution >= 4 is 11.8 Å². The van der Waals surface area contributed by atoms with Gasteiger partial charge in [0.25, 0.3) is 0 Å². The molecule has 6 fully saturated rings. The number of amides is 2. The molecule has 2 N–H and O–H groups in total. The number of aliphatic hydroxyl groups is 2. The third kappa shape index (κ3) is 5.76. The van der Waals surface area contributed by atoms with Gasteiger partial charge in [0.05, 0.1) is 12.2 Å². The van der Waals surface area contributed by atoms with E-state index in [4.69, 9.17) is 0 Å². The summed E-state index contributed by atoms with van der Waals surface area (Å²) in [7, 11) is 0. The van der Waals surface area contributed by atoms with Crippen LogP contribution in [-0.2, 0) is 9.59 Å². The lowest BCUT2D eigenvalue weighted by Crippen LogP contribution is -2.62. The first kappa shape index (κ1) is 33.8. The highest BCUT2D eigenvalue weighted by Gasteiger charge is 2.62. The van der Waals surface area contributed by atoms with E-state index < -0.39 is 0 Å². The van der Waals surface area contributed by atoms with E-state index in [1.165, 1.54) is 44.1 Å². The van der Waals surface area contributed by atoms with Crippen LogP contribution in [0, 0.1) is 46.3 Å². The minimum Gasteiger partial charge on any atom is -0.393 e. The molecule has 0 aromatic heterocycles. The summed E-state index contributed by atoms with van der Waals surface area (Å²) in [5, 5.41) is 22.2. The molecule has 0 spiro atoms. The van der Waals surface area contributed by atoms with Crippen molar-refractivity contribution in [3.05, 3.63) is 23.8 Å². The van der Waals surface area contributed by atoms with Crippen LogP contribution in [0.25, 0.3) is 0 Å². The highest BCUT2D eigenvalue weighted by molar-refractivity contribution is 5.97. The molecule has 0 aromatic carbocycles. The number of aliphatic hydroxyl groups excluding tert-OH is 2. The van der Waals surface area contributed by atoms with Gasteiger partial charge >= 0.3 is 0 Å². The SMILES string of the molecule is C=C(C)[C@@H]1CC=C(C(=O)N2CCC[C@H]2C(=O)N2CCN([C@H]3C[C@@]4(C)[C@@H](CC[C@@H]5[C@@H]4CC[C@]4(C)[C@@H]([C@@H](C)O)CC[C@@H]54)C[C@@H]3O)CC2)CC1. The smallest absolute Gasteiger partial charge is 0.250 e. The summed E-state index contributed by atoms with van der Waals surface area (Å²) in [6.07, 6.45) is 15.3. The van der Waals surface area contributed by atoms with E-state index in [9.17, 15) is 19.8 Å². The normalized spacial score (nSPS) is 44.6. The van der Waals surface area contributed by atoms with Crippen molar-refractivity contribution in [2.75, 3.05) is 32.7 Å². The molecule has 7 aliphatic rings. The number of likely N-dealkylation sites (tertiary alicyclic amines) is 1. The Bertz CT molecular complexity index is 1260. The Morgan fingerprint density at radius 2 is 1.70 bits per heavy atom. The molecule has 47 heavy (non-hydrogen) atoms. The second-order valence-corrected chi connectivity index (χ2v) is 17.8. The molecule has 12 atom stereocenters. The Labute approximate surface area is 284 Å². The van der Waals surface area contributed by atoms with Crippen LogP contribution in [0.1, 0.15) is 111 Å². The van der Waals surface area contributed by atoms with Crippen LogP contribution in [-0.4, -0.2) is 93.7 Å². The van der Waals surface area contributed by atoms with Gasteiger partial charge in [0.2, 0.25) is 11.8 Å². The zero-order chi connectivity index (χ0) is 33.2. The highest BCUT2D eigenvalue weighted by Crippen LogP contribution is 2.68. The van der Waals surface area contributed by atoms with Gasteiger partial charge in [-0.25, -0.2) is 0 Å². The third-order valence-corrected chi connectivity index (χ3v) is 15.6. The fourth-order valence-electron chi connectivity index (χ4n) is 12.9. The fourth-order valence-corrected chi connectivity index (χ4v) is 12.9. The van der Waals surface area contributed by atoms with Gasteiger partial charge in [0, 0.05) is 44.3 Å². The standard InChI is InChI=1S/C40H63N3O4/c1-25(2)27-8-10-28(11-9-27)37(46)43-18-6-7-34(43)38(47)42-21-19-41(20-22-42)35-24-40(5)29(23-36(35)45)12-13-30-32-15-14-31(26(3)44)39(32,4)17-16-33(30)40/h10,26-27,29-36,44-45H,1,6-9,11-24H2,2-5H3/t26-,27-,29+,30+,31-,32+,33+,34+,35+,36+,39-,40+/m1/s1. The first-order chi connectivity index (χ1) is 22.4. The molecule has 0 bridgehead atoms. The van der Waals surface area contributed by atoms with Crippen LogP contribution in [0.3, 0.4) is 0 Å². The van der Waals surface area contributed by atoms with Crippen LogP contribution in [0.5, 0.6) is 0 Å². The Hall–Kier alpha value is -1.70.